The Balaban J connectivity index is 2.02. The Morgan fingerprint density at radius 2 is 1.81 bits per heavy atom. The van der Waals surface area contributed by atoms with Crippen molar-refractivity contribution in [1.82, 2.24) is 9.55 Å². The number of benzene rings is 3. The predicted molar refractivity (Wildman–Crippen MR) is 119 cm³/mol. The van der Waals surface area contributed by atoms with Crippen LogP contribution in [0.3, 0.4) is 0 Å². The van der Waals surface area contributed by atoms with Crippen LogP contribution in [0.15, 0.2) is 71.5 Å². The molecule has 4 aromatic rings. The first-order valence-corrected chi connectivity index (χ1v) is 9.71. The maximum atomic E-state index is 13.4. The maximum absolute atomic E-state index is 13.4. The Morgan fingerprint density at radius 3 is 2.59 bits per heavy atom. The molecule has 4 rings (SSSR count). The van der Waals surface area contributed by atoms with Gasteiger partial charge in [0.2, 0.25) is 0 Å². The second-order valence-electron chi connectivity index (χ2n) is 6.56. The van der Waals surface area contributed by atoms with Gasteiger partial charge in [-0.05, 0) is 71.0 Å². The van der Waals surface area contributed by atoms with Gasteiger partial charge in [0.05, 0.1) is 17.6 Å². The zero-order valence-corrected chi connectivity index (χ0v) is 17.0. The van der Waals surface area contributed by atoms with Crippen LogP contribution in [-0.4, -0.2) is 9.55 Å². The van der Waals surface area contributed by atoms with Crippen LogP contribution in [0.2, 0.25) is 0 Å². The standard InChI is InChI=1S/C22H18IN3O/c1-14-7-10-20-19(11-14)25-21(17-12-16(23)8-9-18(17)24)22(27)26(20)13-15-5-3-2-4-6-15/h2-12H,13,24H2,1H3. The number of halogens is 1. The van der Waals surface area contributed by atoms with E-state index in [2.05, 4.69) is 22.6 Å². The molecule has 4 nitrogen and oxygen atoms in total. The quantitative estimate of drug-likeness (QED) is 0.354. The molecule has 1 aromatic heterocycles. The van der Waals surface area contributed by atoms with Crippen molar-refractivity contribution in [3.8, 4) is 11.3 Å². The molecule has 5 heteroatoms. The number of nitrogens with zero attached hydrogens (tertiary/aromatic N) is 2. The Labute approximate surface area is 170 Å². The SMILES string of the molecule is Cc1ccc2c(c1)nc(-c1cc(I)ccc1N)c(=O)n2Cc1ccccc1. The van der Waals surface area contributed by atoms with Crippen molar-refractivity contribution >= 4 is 39.3 Å². The molecule has 0 spiro atoms. The molecular formula is C22H18IN3O. The third-order valence-corrected chi connectivity index (χ3v) is 5.23. The molecule has 0 aliphatic carbocycles. The van der Waals surface area contributed by atoms with Crippen molar-refractivity contribution in [1.29, 1.82) is 0 Å². The van der Waals surface area contributed by atoms with E-state index in [9.17, 15) is 4.79 Å². The van der Waals surface area contributed by atoms with Crippen LogP contribution in [-0.2, 0) is 6.54 Å². The van der Waals surface area contributed by atoms with Crippen LogP contribution < -0.4 is 11.3 Å². The van der Waals surface area contributed by atoms with Crippen LogP contribution >= 0.6 is 22.6 Å². The molecule has 2 N–H and O–H groups in total. The van der Waals surface area contributed by atoms with Crippen molar-refractivity contribution in [2.75, 3.05) is 5.73 Å². The van der Waals surface area contributed by atoms with Gasteiger partial charge in [-0.1, -0.05) is 36.4 Å². The highest BCUT2D eigenvalue weighted by atomic mass is 127. The van der Waals surface area contributed by atoms with Crippen LogP contribution in [0.5, 0.6) is 0 Å². The highest BCUT2D eigenvalue weighted by Crippen LogP contribution is 2.26. The first-order chi connectivity index (χ1) is 13.0. The van der Waals surface area contributed by atoms with Crippen molar-refractivity contribution in [3.05, 3.63) is 91.8 Å². The second kappa shape index (κ2) is 7.15. The molecule has 0 saturated heterocycles. The smallest absolute Gasteiger partial charge is 0.277 e. The fraction of sp³-hybridized carbons (Fsp3) is 0.0909. The summed E-state index contributed by atoms with van der Waals surface area (Å²) in [6.45, 7) is 2.51. The van der Waals surface area contributed by atoms with E-state index in [1.54, 1.807) is 4.57 Å². The fourth-order valence-corrected chi connectivity index (χ4v) is 3.68. The van der Waals surface area contributed by atoms with Gasteiger partial charge in [-0.2, -0.15) is 0 Å². The molecule has 0 aliphatic rings. The molecule has 0 fully saturated rings. The second-order valence-corrected chi connectivity index (χ2v) is 7.81. The average Bonchev–Trinajstić information content (AvgIpc) is 2.66. The lowest BCUT2D eigenvalue weighted by molar-refractivity contribution is 0.789. The van der Waals surface area contributed by atoms with E-state index in [0.717, 1.165) is 25.7 Å². The number of hydrogen-bond donors (Lipinski definition) is 1. The molecular weight excluding hydrogens is 449 g/mol. The number of anilines is 1. The first-order valence-electron chi connectivity index (χ1n) is 8.63. The molecule has 0 aliphatic heterocycles. The summed E-state index contributed by atoms with van der Waals surface area (Å²) in [4.78, 5) is 18.1. The summed E-state index contributed by atoms with van der Waals surface area (Å²) in [6.07, 6.45) is 0. The van der Waals surface area contributed by atoms with Crippen molar-refractivity contribution in [2.45, 2.75) is 13.5 Å². The molecule has 1 heterocycles. The summed E-state index contributed by atoms with van der Waals surface area (Å²) < 4.78 is 2.79. The van der Waals surface area contributed by atoms with Crippen LogP contribution in [0.1, 0.15) is 11.1 Å². The number of aryl methyl sites for hydroxylation is 1. The minimum absolute atomic E-state index is 0.135. The number of nitrogens with two attached hydrogens (primary N) is 1. The molecule has 134 valence electrons. The molecule has 0 amide bonds. The highest BCUT2D eigenvalue weighted by molar-refractivity contribution is 14.1. The Bertz CT molecular complexity index is 1200. The van der Waals surface area contributed by atoms with E-state index in [0.29, 0.717) is 23.5 Å². The van der Waals surface area contributed by atoms with E-state index < -0.39 is 0 Å². The minimum atomic E-state index is -0.135. The van der Waals surface area contributed by atoms with E-state index in [1.807, 2.05) is 73.7 Å². The summed E-state index contributed by atoms with van der Waals surface area (Å²) in [5, 5.41) is 0. The normalized spacial score (nSPS) is 11.0. The van der Waals surface area contributed by atoms with Gasteiger partial charge >= 0.3 is 0 Å². The van der Waals surface area contributed by atoms with E-state index in [-0.39, 0.29) is 5.56 Å². The first kappa shape index (κ1) is 17.7. The lowest BCUT2D eigenvalue weighted by atomic mass is 10.1. The third-order valence-electron chi connectivity index (χ3n) is 4.56. The number of nitrogen functional groups attached to an aromatic ring is 1. The maximum Gasteiger partial charge on any atom is 0.277 e. The molecule has 0 atom stereocenters. The van der Waals surface area contributed by atoms with E-state index >= 15 is 0 Å². The molecule has 0 unspecified atom stereocenters. The average molecular weight is 467 g/mol. The lowest BCUT2D eigenvalue weighted by Gasteiger charge is -2.14. The van der Waals surface area contributed by atoms with Crippen molar-refractivity contribution in [2.24, 2.45) is 0 Å². The van der Waals surface area contributed by atoms with Crippen molar-refractivity contribution < 1.29 is 0 Å². The van der Waals surface area contributed by atoms with Gasteiger partial charge in [0.25, 0.3) is 5.56 Å². The van der Waals surface area contributed by atoms with E-state index in [1.165, 1.54) is 0 Å². The Kier molecular flexibility index (Phi) is 4.70. The minimum Gasteiger partial charge on any atom is -0.398 e. The van der Waals surface area contributed by atoms with Crippen LogP contribution in [0.4, 0.5) is 5.69 Å². The number of rotatable bonds is 3. The van der Waals surface area contributed by atoms with E-state index in [4.69, 9.17) is 10.7 Å². The topological polar surface area (TPSA) is 60.9 Å². The number of hydrogen-bond acceptors (Lipinski definition) is 3. The largest absolute Gasteiger partial charge is 0.398 e. The summed E-state index contributed by atoms with van der Waals surface area (Å²) in [5.74, 6) is 0. The third kappa shape index (κ3) is 3.47. The summed E-state index contributed by atoms with van der Waals surface area (Å²) in [5.41, 5.74) is 11.4. The summed E-state index contributed by atoms with van der Waals surface area (Å²) in [7, 11) is 0. The van der Waals surface area contributed by atoms with Gasteiger partial charge in [-0.15, -0.1) is 0 Å². The Hall–Kier alpha value is -2.67. The van der Waals surface area contributed by atoms with Gasteiger partial charge in [0.15, 0.2) is 0 Å². The Morgan fingerprint density at radius 1 is 1.04 bits per heavy atom. The van der Waals surface area contributed by atoms with Gasteiger partial charge in [0, 0.05) is 14.8 Å². The van der Waals surface area contributed by atoms with Gasteiger partial charge in [0.1, 0.15) is 5.69 Å². The zero-order valence-electron chi connectivity index (χ0n) is 14.8. The molecule has 0 bridgehead atoms. The van der Waals surface area contributed by atoms with Crippen molar-refractivity contribution in [3.63, 3.8) is 0 Å². The van der Waals surface area contributed by atoms with Crippen LogP contribution in [0.25, 0.3) is 22.3 Å². The molecule has 0 saturated carbocycles. The van der Waals surface area contributed by atoms with Gasteiger partial charge < -0.3 is 10.3 Å². The fourth-order valence-electron chi connectivity index (χ4n) is 3.19. The molecule has 27 heavy (non-hydrogen) atoms. The summed E-state index contributed by atoms with van der Waals surface area (Å²) in [6, 6.07) is 21.6. The zero-order chi connectivity index (χ0) is 19.0. The molecule has 3 aromatic carbocycles. The summed E-state index contributed by atoms with van der Waals surface area (Å²) >= 11 is 2.22. The highest BCUT2D eigenvalue weighted by Gasteiger charge is 2.15. The van der Waals surface area contributed by atoms with Gasteiger partial charge in [-0.3, -0.25) is 4.79 Å². The van der Waals surface area contributed by atoms with Gasteiger partial charge in [-0.25, -0.2) is 4.98 Å². The lowest BCUT2D eigenvalue weighted by Crippen LogP contribution is -2.24. The number of aromatic nitrogens is 2. The molecule has 0 radical (unpaired) electrons. The monoisotopic (exact) mass is 467 g/mol. The predicted octanol–water partition coefficient (Wildman–Crippen LogP) is 4.61. The number of fused-ring (bicyclic) bond motifs is 1. The van der Waals surface area contributed by atoms with Crippen LogP contribution in [0, 0.1) is 10.5 Å².